The van der Waals surface area contributed by atoms with Crippen LogP contribution in [0.25, 0.3) is 0 Å². The fraction of sp³-hybridized carbons (Fsp3) is 0.417. The first-order valence-electron chi connectivity index (χ1n) is 5.67. The maximum atomic E-state index is 12.9. The molecule has 1 aromatic carbocycles. The van der Waals surface area contributed by atoms with E-state index in [0.717, 1.165) is 31.6 Å². The number of halogens is 1. The zero-order valence-corrected chi connectivity index (χ0v) is 9.53. The van der Waals surface area contributed by atoms with Crippen molar-refractivity contribution < 1.29 is 9.18 Å². The number of benzene rings is 1. The molecule has 1 aliphatic rings. The van der Waals surface area contributed by atoms with Gasteiger partial charge in [0.15, 0.2) is 0 Å². The lowest BCUT2D eigenvalue weighted by Crippen LogP contribution is -2.38. The Hall–Kier alpha value is -1.78. The van der Waals surface area contributed by atoms with Gasteiger partial charge in [0, 0.05) is 19.0 Å². The number of carbonyl (C=O) groups is 1. The minimum absolute atomic E-state index is 0.0482. The Labute approximate surface area is 99.4 Å². The molecule has 17 heavy (non-hydrogen) atoms. The number of nitrogens with two attached hydrogens (primary N) is 2. The number of carbonyl (C=O) groups excluding carboxylic acids is 1. The molecule has 4 nitrogen and oxygen atoms in total. The topological polar surface area (TPSA) is 72.4 Å². The quantitative estimate of drug-likeness (QED) is 0.757. The highest BCUT2D eigenvalue weighted by Crippen LogP contribution is 2.28. The van der Waals surface area contributed by atoms with Gasteiger partial charge in [-0.2, -0.15) is 0 Å². The predicted molar refractivity (Wildman–Crippen MR) is 64.9 cm³/mol. The summed E-state index contributed by atoms with van der Waals surface area (Å²) in [6.07, 6.45) is 1.46. The van der Waals surface area contributed by atoms with Gasteiger partial charge in [-0.3, -0.25) is 4.79 Å². The van der Waals surface area contributed by atoms with Gasteiger partial charge < -0.3 is 16.4 Å². The van der Waals surface area contributed by atoms with E-state index in [4.69, 9.17) is 11.5 Å². The van der Waals surface area contributed by atoms with Crippen LogP contribution < -0.4 is 16.4 Å². The van der Waals surface area contributed by atoms with Crippen molar-refractivity contribution in [3.63, 3.8) is 0 Å². The minimum Gasteiger partial charge on any atom is -0.397 e. The Bertz CT molecular complexity index is 428. The Morgan fingerprint density at radius 2 is 2.00 bits per heavy atom. The second kappa shape index (κ2) is 4.61. The van der Waals surface area contributed by atoms with Crippen LogP contribution in [-0.4, -0.2) is 19.0 Å². The van der Waals surface area contributed by atoms with Crippen LogP contribution in [0.3, 0.4) is 0 Å². The van der Waals surface area contributed by atoms with E-state index in [-0.39, 0.29) is 17.6 Å². The fourth-order valence-electron chi connectivity index (χ4n) is 2.22. The molecule has 0 unspecified atom stereocenters. The average molecular weight is 237 g/mol. The molecule has 1 aliphatic heterocycles. The number of rotatable bonds is 2. The van der Waals surface area contributed by atoms with Crippen molar-refractivity contribution >= 4 is 17.3 Å². The monoisotopic (exact) mass is 237 g/mol. The predicted octanol–water partition coefficient (Wildman–Crippen LogP) is 1.11. The van der Waals surface area contributed by atoms with E-state index >= 15 is 0 Å². The molecule has 1 aromatic rings. The van der Waals surface area contributed by atoms with Gasteiger partial charge in [0.05, 0.1) is 11.4 Å². The highest BCUT2D eigenvalue weighted by molar-refractivity contribution is 5.77. The van der Waals surface area contributed by atoms with E-state index in [1.165, 1.54) is 12.1 Å². The molecule has 0 aromatic heterocycles. The Balaban J connectivity index is 2.08. The third kappa shape index (κ3) is 2.49. The van der Waals surface area contributed by atoms with Crippen LogP contribution in [0, 0.1) is 11.7 Å². The van der Waals surface area contributed by atoms with Crippen molar-refractivity contribution in [3.8, 4) is 0 Å². The largest absolute Gasteiger partial charge is 0.397 e. The first-order chi connectivity index (χ1) is 8.08. The summed E-state index contributed by atoms with van der Waals surface area (Å²) in [4.78, 5) is 13.1. The highest BCUT2D eigenvalue weighted by Gasteiger charge is 2.24. The summed E-state index contributed by atoms with van der Waals surface area (Å²) < 4.78 is 12.9. The molecule has 5 heteroatoms. The molecule has 0 spiro atoms. The molecule has 0 bridgehead atoms. The molecular weight excluding hydrogens is 221 g/mol. The summed E-state index contributed by atoms with van der Waals surface area (Å²) in [5, 5.41) is 0. The van der Waals surface area contributed by atoms with Gasteiger partial charge in [0.1, 0.15) is 5.82 Å². The van der Waals surface area contributed by atoms with Gasteiger partial charge in [-0.05, 0) is 31.0 Å². The normalized spacial score (nSPS) is 17.1. The van der Waals surface area contributed by atoms with Crippen molar-refractivity contribution in [2.45, 2.75) is 12.8 Å². The number of nitrogen functional groups attached to an aromatic ring is 1. The molecular formula is C12H16FN3O. The summed E-state index contributed by atoms with van der Waals surface area (Å²) in [5.74, 6) is -0.622. The maximum absolute atomic E-state index is 12.9. The molecule has 1 saturated heterocycles. The van der Waals surface area contributed by atoms with E-state index in [9.17, 15) is 9.18 Å². The molecule has 1 fully saturated rings. The standard InChI is InChI=1S/C12H16FN3O/c13-9-1-2-11(10(14)7-9)16-5-3-8(4-6-16)12(15)17/h1-2,7-8H,3-6,14H2,(H2,15,17). The average Bonchev–Trinajstić information content (AvgIpc) is 2.29. The van der Waals surface area contributed by atoms with Crippen LogP contribution in [0.2, 0.25) is 0 Å². The third-order valence-corrected chi connectivity index (χ3v) is 3.23. The maximum Gasteiger partial charge on any atom is 0.220 e. The molecule has 1 amide bonds. The Kier molecular flexibility index (Phi) is 3.17. The number of hydrogen-bond donors (Lipinski definition) is 2. The first-order valence-corrected chi connectivity index (χ1v) is 5.67. The zero-order valence-electron chi connectivity index (χ0n) is 9.53. The molecule has 0 atom stereocenters. The van der Waals surface area contributed by atoms with Crippen LogP contribution in [0.1, 0.15) is 12.8 Å². The molecule has 0 aliphatic carbocycles. The van der Waals surface area contributed by atoms with Crippen molar-refractivity contribution in [3.05, 3.63) is 24.0 Å². The third-order valence-electron chi connectivity index (χ3n) is 3.23. The minimum atomic E-state index is -0.335. The summed E-state index contributed by atoms with van der Waals surface area (Å²) in [6, 6.07) is 4.39. The molecule has 0 saturated carbocycles. The number of piperidine rings is 1. The smallest absolute Gasteiger partial charge is 0.220 e. The molecule has 2 rings (SSSR count). The van der Waals surface area contributed by atoms with E-state index in [1.807, 2.05) is 0 Å². The summed E-state index contributed by atoms with van der Waals surface area (Å²) >= 11 is 0. The van der Waals surface area contributed by atoms with Crippen LogP contribution in [0.4, 0.5) is 15.8 Å². The SMILES string of the molecule is NC(=O)C1CCN(c2ccc(F)cc2N)CC1. The number of nitrogens with zero attached hydrogens (tertiary/aromatic N) is 1. The summed E-state index contributed by atoms with van der Waals surface area (Å²) in [7, 11) is 0. The number of amides is 1. The van der Waals surface area contributed by atoms with Gasteiger partial charge in [0.2, 0.25) is 5.91 Å². The Morgan fingerprint density at radius 3 is 2.53 bits per heavy atom. The van der Waals surface area contributed by atoms with Gasteiger partial charge >= 0.3 is 0 Å². The van der Waals surface area contributed by atoms with Crippen molar-refractivity contribution in [2.24, 2.45) is 11.7 Å². The lowest BCUT2D eigenvalue weighted by atomic mass is 9.96. The highest BCUT2D eigenvalue weighted by atomic mass is 19.1. The summed E-state index contributed by atoms with van der Waals surface area (Å²) in [5.41, 5.74) is 12.3. The van der Waals surface area contributed by atoms with Crippen LogP contribution in [-0.2, 0) is 4.79 Å². The van der Waals surface area contributed by atoms with Gasteiger partial charge in [-0.25, -0.2) is 4.39 Å². The second-order valence-electron chi connectivity index (χ2n) is 4.37. The number of anilines is 2. The van der Waals surface area contributed by atoms with Crippen LogP contribution in [0.5, 0.6) is 0 Å². The second-order valence-corrected chi connectivity index (χ2v) is 4.37. The summed E-state index contributed by atoms with van der Waals surface area (Å²) in [6.45, 7) is 1.45. The van der Waals surface area contributed by atoms with Crippen LogP contribution >= 0.6 is 0 Å². The molecule has 1 heterocycles. The van der Waals surface area contributed by atoms with E-state index in [2.05, 4.69) is 4.90 Å². The van der Waals surface area contributed by atoms with Crippen LogP contribution in [0.15, 0.2) is 18.2 Å². The van der Waals surface area contributed by atoms with E-state index < -0.39 is 0 Å². The van der Waals surface area contributed by atoms with Crippen molar-refractivity contribution in [1.82, 2.24) is 0 Å². The molecule has 4 N–H and O–H groups in total. The lowest BCUT2D eigenvalue weighted by molar-refractivity contribution is -0.122. The zero-order chi connectivity index (χ0) is 12.4. The van der Waals surface area contributed by atoms with Gasteiger partial charge in [0.25, 0.3) is 0 Å². The Morgan fingerprint density at radius 1 is 1.35 bits per heavy atom. The molecule has 0 radical (unpaired) electrons. The van der Waals surface area contributed by atoms with Gasteiger partial charge in [-0.1, -0.05) is 0 Å². The number of hydrogen-bond acceptors (Lipinski definition) is 3. The van der Waals surface area contributed by atoms with E-state index in [0.29, 0.717) is 5.69 Å². The van der Waals surface area contributed by atoms with E-state index in [1.54, 1.807) is 6.07 Å². The van der Waals surface area contributed by atoms with Crippen molar-refractivity contribution in [2.75, 3.05) is 23.7 Å². The van der Waals surface area contributed by atoms with Gasteiger partial charge in [-0.15, -0.1) is 0 Å². The number of primary amides is 1. The van der Waals surface area contributed by atoms with Crippen molar-refractivity contribution in [1.29, 1.82) is 0 Å². The first kappa shape index (κ1) is 11.7. The lowest BCUT2D eigenvalue weighted by Gasteiger charge is -2.33. The fourth-order valence-corrected chi connectivity index (χ4v) is 2.22. The molecule has 92 valence electrons.